The molecule has 0 spiro atoms. The zero-order chi connectivity index (χ0) is 14.5. The van der Waals surface area contributed by atoms with Crippen molar-refractivity contribution in [3.63, 3.8) is 0 Å². The fourth-order valence-corrected chi connectivity index (χ4v) is 1.67. The lowest BCUT2D eigenvalue weighted by Gasteiger charge is -2.07. The first kappa shape index (κ1) is 13.7. The molecule has 2 aromatic rings. The summed E-state index contributed by atoms with van der Waals surface area (Å²) in [6.07, 6.45) is 0. The van der Waals surface area contributed by atoms with Gasteiger partial charge in [-0.3, -0.25) is 4.79 Å². The molecule has 0 atom stereocenters. The Bertz CT molecular complexity index is 655. The lowest BCUT2D eigenvalue weighted by atomic mass is 10.1. The molecule has 0 unspecified atom stereocenters. The number of carbonyl (C=O) groups is 2. The van der Waals surface area contributed by atoms with Crippen molar-refractivity contribution in [1.82, 2.24) is 0 Å². The molecule has 2 rings (SSSR count). The summed E-state index contributed by atoms with van der Waals surface area (Å²) in [5.41, 5.74) is 0.958. The van der Waals surface area contributed by atoms with Crippen LogP contribution in [0.3, 0.4) is 0 Å². The Hall–Kier alpha value is -2.69. The summed E-state index contributed by atoms with van der Waals surface area (Å²) in [5, 5.41) is 2.59. The molecule has 102 valence electrons. The molecule has 0 heterocycles. The summed E-state index contributed by atoms with van der Waals surface area (Å²) in [6.45, 7) is 0. The zero-order valence-electron chi connectivity index (χ0n) is 10.7. The van der Waals surface area contributed by atoms with Gasteiger partial charge in [0.15, 0.2) is 0 Å². The number of nitrogens with one attached hydrogen (secondary N) is 1. The van der Waals surface area contributed by atoms with E-state index in [9.17, 15) is 14.0 Å². The summed E-state index contributed by atoms with van der Waals surface area (Å²) in [7, 11) is 1.28. The molecule has 2 aromatic carbocycles. The molecule has 0 aliphatic carbocycles. The third kappa shape index (κ3) is 3.20. The fourth-order valence-electron chi connectivity index (χ4n) is 1.67. The van der Waals surface area contributed by atoms with E-state index in [2.05, 4.69) is 10.1 Å². The van der Waals surface area contributed by atoms with E-state index in [0.29, 0.717) is 11.3 Å². The van der Waals surface area contributed by atoms with Crippen molar-refractivity contribution in [2.75, 3.05) is 12.4 Å². The molecular weight excluding hydrogens is 261 g/mol. The zero-order valence-corrected chi connectivity index (χ0v) is 10.7. The maximum absolute atomic E-state index is 13.0. The lowest BCUT2D eigenvalue weighted by molar-refractivity contribution is 0.0600. The first-order valence-electron chi connectivity index (χ1n) is 5.85. The second-order valence-electron chi connectivity index (χ2n) is 4.04. The van der Waals surface area contributed by atoms with Crippen LogP contribution in [-0.2, 0) is 4.74 Å². The minimum absolute atomic E-state index is 0.202. The molecule has 4 nitrogen and oxygen atoms in total. The Labute approximate surface area is 115 Å². The van der Waals surface area contributed by atoms with Gasteiger partial charge in [-0.1, -0.05) is 12.1 Å². The first-order chi connectivity index (χ1) is 9.60. The molecular formula is C15H12FNO3. The van der Waals surface area contributed by atoms with E-state index in [0.717, 1.165) is 6.07 Å². The Morgan fingerprint density at radius 1 is 1.05 bits per heavy atom. The Morgan fingerprint density at radius 3 is 2.45 bits per heavy atom. The second-order valence-corrected chi connectivity index (χ2v) is 4.04. The highest BCUT2D eigenvalue weighted by molar-refractivity contribution is 6.04. The SMILES string of the molecule is COC(=O)c1cccc(NC(=O)c2cccc(F)c2)c1. The average molecular weight is 273 g/mol. The molecule has 0 bridgehead atoms. The van der Waals surface area contributed by atoms with Gasteiger partial charge in [0.1, 0.15) is 5.82 Å². The number of rotatable bonds is 3. The minimum Gasteiger partial charge on any atom is -0.465 e. The van der Waals surface area contributed by atoms with Gasteiger partial charge in [0.2, 0.25) is 0 Å². The maximum atomic E-state index is 13.0. The van der Waals surface area contributed by atoms with Crippen molar-refractivity contribution in [3.8, 4) is 0 Å². The Balaban J connectivity index is 2.18. The number of esters is 1. The van der Waals surface area contributed by atoms with Gasteiger partial charge in [0.05, 0.1) is 12.7 Å². The van der Waals surface area contributed by atoms with E-state index < -0.39 is 17.7 Å². The number of amides is 1. The molecule has 1 N–H and O–H groups in total. The van der Waals surface area contributed by atoms with Crippen molar-refractivity contribution in [3.05, 3.63) is 65.5 Å². The van der Waals surface area contributed by atoms with Crippen LogP contribution in [0.25, 0.3) is 0 Å². The number of benzene rings is 2. The van der Waals surface area contributed by atoms with Crippen LogP contribution in [-0.4, -0.2) is 19.0 Å². The van der Waals surface area contributed by atoms with E-state index in [1.54, 1.807) is 18.2 Å². The summed E-state index contributed by atoms with van der Waals surface area (Å²) in [6, 6.07) is 11.7. The predicted octanol–water partition coefficient (Wildman–Crippen LogP) is 2.86. The van der Waals surface area contributed by atoms with Crippen LogP contribution >= 0.6 is 0 Å². The number of halogens is 1. The fraction of sp³-hybridized carbons (Fsp3) is 0.0667. The quantitative estimate of drug-likeness (QED) is 0.875. The van der Waals surface area contributed by atoms with Crippen LogP contribution in [0.4, 0.5) is 10.1 Å². The molecule has 0 aliphatic rings. The van der Waals surface area contributed by atoms with Crippen molar-refractivity contribution >= 4 is 17.6 Å². The van der Waals surface area contributed by atoms with Crippen LogP contribution in [0, 0.1) is 5.82 Å². The highest BCUT2D eigenvalue weighted by Crippen LogP contribution is 2.13. The van der Waals surface area contributed by atoms with E-state index in [1.807, 2.05) is 0 Å². The number of carbonyl (C=O) groups excluding carboxylic acids is 2. The summed E-state index contributed by atoms with van der Waals surface area (Å²) < 4.78 is 17.6. The Morgan fingerprint density at radius 2 is 1.75 bits per heavy atom. The van der Waals surface area contributed by atoms with Crippen molar-refractivity contribution < 1.29 is 18.7 Å². The first-order valence-corrected chi connectivity index (χ1v) is 5.85. The Kier molecular flexibility index (Phi) is 4.10. The number of hydrogen-bond donors (Lipinski definition) is 1. The number of methoxy groups -OCH3 is 1. The second kappa shape index (κ2) is 5.97. The van der Waals surface area contributed by atoms with E-state index in [4.69, 9.17) is 0 Å². The molecule has 0 radical (unpaired) electrons. The van der Waals surface area contributed by atoms with E-state index >= 15 is 0 Å². The smallest absolute Gasteiger partial charge is 0.337 e. The maximum Gasteiger partial charge on any atom is 0.337 e. The van der Waals surface area contributed by atoms with E-state index in [1.165, 1.54) is 31.4 Å². The summed E-state index contributed by atoms with van der Waals surface area (Å²) >= 11 is 0. The molecule has 0 fully saturated rings. The van der Waals surface area contributed by atoms with Gasteiger partial charge < -0.3 is 10.1 Å². The molecule has 20 heavy (non-hydrogen) atoms. The average Bonchev–Trinajstić information content (AvgIpc) is 2.46. The third-order valence-corrected chi connectivity index (χ3v) is 2.63. The van der Waals surface area contributed by atoms with Crippen LogP contribution < -0.4 is 5.32 Å². The molecule has 0 aliphatic heterocycles. The number of hydrogen-bond acceptors (Lipinski definition) is 3. The van der Waals surface area contributed by atoms with Crippen molar-refractivity contribution in [1.29, 1.82) is 0 Å². The van der Waals surface area contributed by atoms with Crippen LogP contribution in [0.15, 0.2) is 48.5 Å². The third-order valence-electron chi connectivity index (χ3n) is 2.63. The standard InChI is InChI=1S/C15H12FNO3/c1-20-15(19)11-5-3-7-13(9-11)17-14(18)10-4-2-6-12(16)8-10/h2-9H,1H3,(H,17,18). The molecule has 0 saturated carbocycles. The van der Waals surface area contributed by atoms with Crippen molar-refractivity contribution in [2.24, 2.45) is 0 Å². The van der Waals surface area contributed by atoms with Gasteiger partial charge in [-0.2, -0.15) is 0 Å². The van der Waals surface area contributed by atoms with Crippen LogP contribution in [0.1, 0.15) is 20.7 Å². The van der Waals surface area contributed by atoms with Gasteiger partial charge >= 0.3 is 5.97 Å². The molecule has 0 aromatic heterocycles. The lowest BCUT2D eigenvalue weighted by Crippen LogP contribution is -2.12. The summed E-state index contributed by atoms with van der Waals surface area (Å²) in [4.78, 5) is 23.3. The van der Waals surface area contributed by atoms with Gasteiger partial charge in [-0.05, 0) is 36.4 Å². The monoisotopic (exact) mass is 273 g/mol. The minimum atomic E-state index is -0.494. The molecule has 5 heteroatoms. The van der Waals surface area contributed by atoms with Crippen LogP contribution in [0.2, 0.25) is 0 Å². The normalized spacial score (nSPS) is 9.90. The van der Waals surface area contributed by atoms with Gasteiger partial charge in [0.25, 0.3) is 5.91 Å². The number of anilines is 1. The van der Waals surface area contributed by atoms with Gasteiger partial charge in [-0.25, -0.2) is 9.18 Å². The number of ether oxygens (including phenoxy) is 1. The highest BCUT2D eigenvalue weighted by atomic mass is 19.1. The molecule has 0 saturated heterocycles. The highest BCUT2D eigenvalue weighted by Gasteiger charge is 2.09. The van der Waals surface area contributed by atoms with E-state index in [-0.39, 0.29) is 5.56 Å². The summed E-state index contributed by atoms with van der Waals surface area (Å²) in [5.74, 6) is -1.43. The molecule has 1 amide bonds. The predicted molar refractivity (Wildman–Crippen MR) is 72.1 cm³/mol. The largest absolute Gasteiger partial charge is 0.465 e. The topological polar surface area (TPSA) is 55.4 Å². The van der Waals surface area contributed by atoms with Gasteiger partial charge in [-0.15, -0.1) is 0 Å². The van der Waals surface area contributed by atoms with Crippen molar-refractivity contribution in [2.45, 2.75) is 0 Å². The van der Waals surface area contributed by atoms with Gasteiger partial charge in [0, 0.05) is 11.3 Å². The van der Waals surface area contributed by atoms with Crippen LogP contribution in [0.5, 0.6) is 0 Å².